The van der Waals surface area contributed by atoms with Gasteiger partial charge in [0.05, 0.1) is 0 Å². The number of nitrogens with zero attached hydrogens (tertiary/aromatic N) is 4. The Morgan fingerprint density at radius 3 is 1.27 bits per heavy atom. The van der Waals surface area contributed by atoms with E-state index in [2.05, 4.69) is 0 Å². The number of hydrogen-bond donors (Lipinski definition) is 0. The van der Waals surface area contributed by atoms with Crippen LogP contribution in [0.25, 0.3) is 0 Å². The molecule has 1 aliphatic rings. The number of carbonyl (C=O) groups excluding carboxylic acids is 4. The van der Waals surface area contributed by atoms with Crippen LogP contribution in [0.5, 0.6) is 0 Å². The molecule has 0 bridgehead atoms. The zero-order chi connectivity index (χ0) is 35.0. The SMILES string of the molecule is CCCC(C(=O)OC(C)(C)C)N1CCN(C(=O)OC(C)(C)C)CCN(C(=O)OC(C)(C)C)CCN(C(=O)OC(C)(C)C)CC1C. The zero-order valence-electron chi connectivity index (χ0n) is 30.6. The third-order valence-electron chi connectivity index (χ3n) is 6.55. The minimum Gasteiger partial charge on any atom is -0.459 e. The number of esters is 1. The highest BCUT2D eigenvalue weighted by Gasteiger charge is 2.36. The molecule has 2 unspecified atom stereocenters. The summed E-state index contributed by atoms with van der Waals surface area (Å²) < 4.78 is 23.0. The van der Waals surface area contributed by atoms with E-state index in [9.17, 15) is 19.2 Å². The van der Waals surface area contributed by atoms with Crippen molar-refractivity contribution >= 4 is 24.2 Å². The van der Waals surface area contributed by atoms with E-state index in [0.717, 1.165) is 6.42 Å². The van der Waals surface area contributed by atoms with Gasteiger partial charge in [-0.1, -0.05) is 13.3 Å². The summed E-state index contributed by atoms with van der Waals surface area (Å²) in [4.78, 5) is 60.4. The molecular formula is C33H62N4O8. The molecule has 0 N–H and O–H groups in total. The summed E-state index contributed by atoms with van der Waals surface area (Å²) in [6, 6.07) is -0.942. The van der Waals surface area contributed by atoms with Gasteiger partial charge in [0.15, 0.2) is 0 Å². The van der Waals surface area contributed by atoms with E-state index in [0.29, 0.717) is 13.0 Å². The molecule has 0 radical (unpaired) electrons. The molecule has 45 heavy (non-hydrogen) atoms. The van der Waals surface area contributed by atoms with Crippen LogP contribution in [0, 0.1) is 0 Å². The first-order valence-corrected chi connectivity index (χ1v) is 16.2. The molecule has 12 nitrogen and oxygen atoms in total. The molecule has 1 fully saturated rings. The Morgan fingerprint density at radius 1 is 0.578 bits per heavy atom. The second-order valence-electron chi connectivity index (χ2n) is 15.8. The van der Waals surface area contributed by atoms with Gasteiger partial charge in [0.1, 0.15) is 28.4 Å². The number of ether oxygens (including phenoxy) is 4. The number of carbonyl (C=O) groups is 4. The second-order valence-corrected chi connectivity index (χ2v) is 15.8. The molecule has 1 saturated heterocycles. The van der Waals surface area contributed by atoms with Gasteiger partial charge in [-0.15, -0.1) is 0 Å². The first kappa shape index (κ1) is 40.3. The van der Waals surface area contributed by atoms with Crippen molar-refractivity contribution in [3.63, 3.8) is 0 Å². The largest absolute Gasteiger partial charge is 0.459 e. The Hall–Kier alpha value is -2.76. The average Bonchev–Trinajstić information content (AvgIpc) is 2.80. The maximum Gasteiger partial charge on any atom is 0.410 e. The Bertz CT molecular complexity index is 991. The quantitative estimate of drug-likeness (QED) is 0.272. The van der Waals surface area contributed by atoms with Crippen molar-refractivity contribution in [2.45, 2.75) is 144 Å². The van der Waals surface area contributed by atoms with E-state index in [1.807, 2.05) is 39.5 Å². The Labute approximate surface area is 272 Å². The normalized spacial score (nSPS) is 19.2. The molecule has 1 heterocycles. The van der Waals surface area contributed by atoms with Gasteiger partial charge in [-0.05, 0) is 96.4 Å². The van der Waals surface area contributed by atoms with Crippen molar-refractivity contribution in [2.24, 2.45) is 0 Å². The fourth-order valence-electron chi connectivity index (χ4n) is 4.71. The van der Waals surface area contributed by atoms with Gasteiger partial charge in [-0.25, -0.2) is 14.4 Å². The standard InChI is InChI=1S/C33H62N4O8/c1-15-16-25(26(38)42-30(3,4)5)37-22-21-35(28(40)44-32(9,10)11)18-17-34(27(39)43-31(6,7)8)19-20-36(23-24(37)2)29(41)45-33(12,13)14/h24-25H,15-23H2,1-14H3. The molecule has 0 aromatic carbocycles. The summed E-state index contributed by atoms with van der Waals surface area (Å²) >= 11 is 0. The lowest BCUT2D eigenvalue weighted by atomic mass is 10.1. The van der Waals surface area contributed by atoms with E-state index in [-0.39, 0.29) is 51.3 Å². The topological polar surface area (TPSA) is 118 Å². The van der Waals surface area contributed by atoms with Crippen LogP contribution in [0.3, 0.4) is 0 Å². The van der Waals surface area contributed by atoms with Crippen molar-refractivity contribution in [1.29, 1.82) is 0 Å². The first-order valence-electron chi connectivity index (χ1n) is 16.2. The molecule has 0 aliphatic carbocycles. The van der Waals surface area contributed by atoms with Crippen molar-refractivity contribution in [2.75, 3.05) is 45.8 Å². The van der Waals surface area contributed by atoms with Crippen LogP contribution >= 0.6 is 0 Å². The number of rotatable bonds is 4. The van der Waals surface area contributed by atoms with Gasteiger partial charge in [0, 0.05) is 51.9 Å². The van der Waals surface area contributed by atoms with E-state index in [1.54, 1.807) is 72.1 Å². The predicted molar refractivity (Wildman–Crippen MR) is 174 cm³/mol. The second kappa shape index (κ2) is 16.2. The Kier molecular flexibility index (Phi) is 14.5. The minimum atomic E-state index is -0.735. The minimum absolute atomic E-state index is 0.146. The van der Waals surface area contributed by atoms with Crippen LogP contribution < -0.4 is 0 Å². The highest BCUT2D eigenvalue weighted by atomic mass is 16.6. The monoisotopic (exact) mass is 642 g/mol. The van der Waals surface area contributed by atoms with Crippen molar-refractivity contribution < 1.29 is 38.1 Å². The molecule has 1 rings (SSSR count). The fourth-order valence-corrected chi connectivity index (χ4v) is 4.71. The van der Waals surface area contributed by atoms with Crippen molar-refractivity contribution in [3.05, 3.63) is 0 Å². The molecule has 0 aromatic rings. The van der Waals surface area contributed by atoms with Crippen LogP contribution in [-0.4, -0.2) is 124 Å². The van der Waals surface area contributed by atoms with Crippen LogP contribution in [0.1, 0.15) is 110 Å². The summed E-state index contributed by atoms with van der Waals surface area (Å²) in [7, 11) is 0. The lowest BCUT2D eigenvalue weighted by Gasteiger charge is -2.41. The Morgan fingerprint density at radius 2 is 0.911 bits per heavy atom. The van der Waals surface area contributed by atoms with Crippen LogP contribution in [0.4, 0.5) is 14.4 Å². The van der Waals surface area contributed by atoms with Crippen LogP contribution in [0.15, 0.2) is 0 Å². The summed E-state index contributed by atoms with van der Waals surface area (Å²) in [6.45, 7) is 27.0. The summed E-state index contributed by atoms with van der Waals surface area (Å²) in [6.07, 6.45) is -0.324. The highest BCUT2D eigenvalue weighted by molar-refractivity contribution is 5.76. The van der Waals surface area contributed by atoms with Gasteiger partial charge in [-0.3, -0.25) is 9.69 Å². The molecule has 262 valence electrons. The van der Waals surface area contributed by atoms with Crippen LogP contribution in [-0.2, 0) is 23.7 Å². The molecular weight excluding hydrogens is 580 g/mol. The molecule has 12 heteroatoms. The van der Waals surface area contributed by atoms with Gasteiger partial charge >= 0.3 is 24.2 Å². The highest BCUT2D eigenvalue weighted by Crippen LogP contribution is 2.21. The molecule has 2 atom stereocenters. The first-order chi connectivity index (χ1) is 20.3. The molecule has 3 amide bonds. The fraction of sp³-hybridized carbons (Fsp3) is 0.879. The lowest BCUT2D eigenvalue weighted by Crippen LogP contribution is -2.57. The molecule has 0 saturated carbocycles. The summed E-state index contributed by atoms with van der Waals surface area (Å²) in [5.41, 5.74) is -2.88. The zero-order valence-corrected chi connectivity index (χ0v) is 30.6. The maximum atomic E-state index is 13.6. The van der Waals surface area contributed by atoms with Crippen LogP contribution in [0.2, 0.25) is 0 Å². The number of hydrogen-bond acceptors (Lipinski definition) is 9. The predicted octanol–water partition coefficient (Wildman–Crippen LogP) is 5.91. The van der Waals surface area contributed by atoms with E-state index in [1.165, 1.54) is 4.90 Å². The average molecular weight is 643 g/mol. The summed E-state index contributed by atoms with van der Waals surface area (Å²) in [5, 5.41) is 0. The van der Waals surface area contributed by atoms with E-state index < -0.39 is 46.7 Å². The molecule has 0 aromatic heterocycles. The van der Waals surface area contributed by atoms with Gasteiger partial charge in [0.25, 0.3) is 0 Å². The van der Waals surface area contributed by atoms with E-state index in [4.69, 9.17) is 18.9 Å². The Balaban J connectivity index is 3.62. The maximum absolute atomic E-state index is 13.6. The third-order valence-corrected chi connectivity index (χ3v) is 6.55. The van der Waals surface area contributed by atoms with Crippen molar-refractivity contribution in [1.82, 2.24) is 19.6 Å². The number of amides is 3. The van der Waals surface area contributed by atoms with Gasteiger partial charge < -0.3 is 33.6 Å². The third kappa shape index (κ3) is 15.9. The van der Waals surface area contributed by atoms with Gasteiger partial charge in [0.2, 0.25) is 0 Å². The van der Waals surface area contributed by atoms with Crippen molar-refractivity contribution in [3.8, 4) is 0 Å². The molecule has 1 aliphatic heterocycles. The molecule has 0 spiro atoms. The lowest BCUT2D eigenvalue weighted by molar-refractivity contribution is -0.163. The van der Waals surface area contributed by atoms with Gasteiger partial charge in [-0.2, -0.15) is 0 Å². The van der Waals surface area contributed by atoms with E-state index >= 15 is 0 Å². The summed E-state index contributed by atoms with van der Waals surface area (Å²) in [5.74, 6) is -0.355. The smallest absolute Gasteiger partial charge is 0.410 e.